The molecule has 0 radical (unpaired) electrons. The van der Waals surface area contributed by atoms with Gasteiger partial charge in [0.2, 0.25) is 0 Å². The van der Waals surface area contributed by atoms with Crippen LogP contribution in [0.1, 0.15) is 50.9 Å². The first-order valence-electron chi connectivity index (χ1n) is 6.95. The molecule has 0 atom stereocenters. The molecule has 4 heteroatoms. The minimum Gasteiger partial charge on any atom is -0.478 e. The lowest BCUT2D eigenvalue weighted by Gasteiger charge is -2.34. The molecule has 0 bridgehead atoms. The standard InChI is InChI=1S/C15H24N2O2/c1-5-12(6-2)17(10-11(3)4)14-9-16-8-7-13(14)15(18)19/h7-9,11-12H,5-6,10H2,1-4H3,(H,18,19). The molecule has 1 heterocycles. The highest BCUT2D eigenvalue weighted by Crippen LogP contribution is 2.25. The number of carboxylic acids is 1. The third kappa shape index (κ3) is 3.94. The zero-order chi connectivity index (χ0) is 14.4. The molecule has 1 rings (SSSR count). The maximum atomic E-state index is 11.4. The Morgan fingerprint density at radius 1 is 1.37 bits per heavy atom. The molecule has 0 aromatic carbocycles. The summed E-state index contributed by atoms with van der Waals surface area (Å²) in [4.78, 5) is 17.7. The van der Waals surface area contributed by atoms with E-state index in [-0.39, 0.29) is 0 Å². The van der Waals surface area contributed by atoms with Gasteiger partial charge in [-0.15, -0.1) is 0 Å². The quantitative estimate of drug-likeness (QED) is 0.819. The molecule has 1 aromatic rings. The van der Waals surface area contributed by atoms with E-state index in [9.17, 15) is 9.90 Å². The lowest BCUT2D eigenvalue weighted by molar-refractivity contribution is 0.0697. The molecule has 19 heavy (non-hydrogen) atoms. The number of hydrogen-bond donors (Lipinski definition) is 1. The van der Waals surface area contributed by atoms with E-state index in [4.69, 9.17) is 0 Å². The molecule has 0 amide bonds. The van der Waals surface area contributed by atoms with Crippen molar-refractivity contribution in [2.45, 2.75) is 46.6 Å². The van der Waals surface area contributed by atoms with Gasteiger partial charge in [-0.1, -0.05) is 27.7 Å². The Balaban J connectivity index is 3.20. The lowest BCUT2D eigenvalue weighted by atomic mass is 10.0. The van der Waals surface area contributed by atoms with Crippen molar-refractivity contribution in [2.75, 3.05) is 11.4 Å². The number of aromatic carboxylic acids is 1. The van der Waals surface area contributed by atoms with Gasteiger partial charge in [-0.2, -0.15) is 0 Å². The topological polar surface area (TPSA) is 53.4 Å². The summed E-state index contributed by atoms with van der Waals surface area (Å²) in [5.41, 5.74) is 1.07. The van der Waals surface area contributed by atoms with Crippen LogP contribution >= 0.6 is 0 Å². The number of aromatic nitrogens is 1. The van der Waals surface area contributed by atoms with Gasteiger partial charge in [0.05, 0.1) is 17.4 Å². The maximum absolute atomic E-state index is 11.4. The minimum atomic E-state index is -0.892. The molecule has 0 aliphatic heterocycles. The van der Waals surface area contributed by atoms with E-state index in [1.54, 1.807) is 12.3 Å². The molecule has 0 unspecified atom stereocenters. The van der Waals surface area contributed by atoms with Crippen molar-refractivity contribution in [3.05, 3.63) is 24.0 Å². The van der Waals surface area contributed by atoms with Crippen molar-refractivity contribution in [1.29, 1.82) is 0 Å². The van der Waals surface area contributed by atoms with Crippen molar-refractivity contribution >= 4 is 11.7 Å². The van der Waals surface area contributed by atoms with Gasteiger partial charge in [0, 0.05) is 18.8 Å². The van der Waals surface area contributed by atoms with Gasteiger partial charge in [-0.05, 0) is 24.8 Å². The molecule has 0 saturated carbocycles. The first-order valence-corrected chi connectivity index (χ1v) is 6.95. The van der Waals surface area contributed by atoms with E-state index in [1.807, 2.05) is 0 Å². The fourth-order valence-corrected chi connectivity index (χ4v) is 2.36. The number of carboxylic acid groups (broad SMARTS) is 1. The Kier molecular flexibility index (Phi) is 5.80. The Morgan fingerprint density at radius 2 is 2.00 bits per heavy atom. The van der Waals surface area contributed by atoms with E-state index in [0.29, 0.717) is 17.5 Å². The molecule has 0 aliphatic rings. The summed E-state index contributed by atoms with van der Waals surface area (Å²) in [6.45, 7) is 9.41. The number of hydrogen-bond acceptors (Lipinski definition) is 3. The Morgan fingerprint density at radius 3 is 2.47 bits per heavy atom. The van der Waals surface area contributed by atoms with Crippen LogP contribution in [0, 0.1) is 5.92 Å². The third-order valence-corrected chi connectivity index (χ3v) is 3.28. The number of rotatable bonds is 7. The van der Waals surface area contributed by atoms with Crippen molar-refractivity contribution in [1.82, 2.24) is 4.98 Å². The summed E-state index contributed by atoms with van der Waals surface area (Å²) >= 11 is 0. The first-order chi connectivity index (χ1) is 9.01. The predicted octanol–water partition coefficient (Wildman–Crippen LogP) is 3.43. The van der Waals surface area contributed by atoms with Gasteiger partial charge in [0.25, 0.3) is 0 Å². The second-order valence-electron chi connectivity index (χ2n) is 5.21. The van der Waals surface area contributed by atoms with Crippen LogP contribution in [-0.2, 0) is 0 Å². The highest BCUT2D eigenvalue weighted by Gasteiger charge is 2.22. The first kappa shape index (κ1) is 15.5. The number of carbonyl (C=O) groups is 1. The Bertz CT molecular complexity index is 414. The highest BCUT2D eigenvalue weighted by molar-refractivity contribution is 5.94. The molecule has 1 aromatic heterocycles. The van der Waals surface area contributed by atoms with Crippen molar-refractivity contribution in [2.24, 2.45) is 5.92 Å². The average molecular weight is 264 g/mol. The van der Waals surface area contributed by atoms with Crippen LogP contribution in [-0.4, -0.2) is 28.6 Å². The minimum absolute atomic E-state index is 0.336. The van der Waals surface area contributed by atoms with Gasteiger partial charge in [-0.25, -0.2) is 4.79 Å². The largest absolute Gasteiger partial charge is 0.478 e. The molecule has 0 spiro atoms. The molecule has 106 valence electrons. The van der Waals surface area contributed by atoms with Crippen LogP contribution in [0.15, 0.2) is 18.5 Å². The van der Waals surface area contributed by atoms with Crippen LogP contribution in [0.2, 0.25) is 0 Å². The molecule has 0 aliphatic carbocycles. The fourth-order valence-electron chi connectivity index (χ4n) is 2.36. The third-order valence-electron chi connectivity index (χ3n) is 3.28. The normalized spacial score (nSPS) is 11.1. The summed E-state index contributed by atoms with van der Waals surface area (Å²) < 4.78 is 0. The lowest BCUT2D eigenvalue weighted by Crippen LogP contribution is -2.38. The molecule has 4 nitrogen and oxygen atoms in total. The van der Waals surface area contributed by atoms with E-state index in [2.05, 4.69) is 37.6 Å². The Hall–Kier alpha value is -1.58. The summed E-state index contributed by atoms with van der Waals surface area (Å²) in [7, 11) is 0. The summed E-state index contributed by atoms with van der Waals surface area (Å²) in [5.74, 6) is -0.417. The summed E-state index contributed by atoms with van der Waals surface area (Å²) in [6, 6.07) is 1.93. The van der Waals surface area contributed by atoms with E-state index < -0.39 is 5.97 Å². The van der Waals surface area contributed by atoms with Crippen LogP contribution in [0.4, 0.5) is 5.69 Å². The van der Waals surface area contributed by atoms with Crippen LogP contribution in [0.5, 0.6) is 0 Å². The average Bonchev–Trinajstić information content (AvgIpc) is 2.38. The molecule has 0 saturated heterocycles. The number of nitrogens with zero attached hydrogens (tertiary/aromatic N) is 2. The predicted molar refractivity (Wildman–Crippen MR) is 77.8 cm³/mol. The molecular weight excluding hydrogens is 240 g/mol. The van der Waals surface area contributed by atoms with E-state index in [1.165, 1.54) is 6.20 Å². The van der Waals surface area contributed by atoms with Crippen LogP contribution in [0.3, 0.4) is 0 Å². The van der Waals surface area contributed by atoms with Gasteiger partial charge in [0.15, 0.2) is 0 Å². The zero-order valence-electron chi connectivity index (χ0n) is 12.3. The van der Waals surface area contributed by atoms with E-state index >= 15 is 0 Å². The highest BCUT2D eigenvalue weighted by atomic mass is 16.4. The van der Waals surface area contributed by atoms with E-state index in [0.717, 1.165) is 25.1 Å². The van der Waals surface area contributed by atoms with Crippen LogP contribution < -0.4 is 4.90 Å². The SMILES string of the molecule is CCC(CC)N(CC(C)C)c1cnccc1C(=O)O. The fraction of sp³-hybridized carbons (Fsp3) is 0.600. The smallest absolute Gasteiger partial charge is 0.337 e. The number of anilines is 1. The van der Waals surface area contributed by atoms with Gasteiger partial charge in [-0.3, -0.25) is 4.98 Å². The molecule has 1 N–H and O–H groups in total. The van der Waals surface area contributed by atoms with Crippen LogP contribution in [0.25, 0.3) is 0 Å². The van der Waals surface area contributed by atoms with Gasteiger partial charge >= 0.3 is 5.97 Å². The number of pyridine rings is 1. The maximum Gasteiger partial charge on any atom is 0.337 e. The zero-order valence-corrected chi connectivity index (χ0v) is 12.3. The summed E-state index contributed by atoms with van der Waals surface area (Å²) in [5, 5.41) is 9.32. The van der Waals surface area contributed by atoms with Crippen molar-refractivity contribution < 1.29 is 9.90 Å². The second-order valence-corrected chi connectivity index (χ2v) is 5.21. The van der Waals surface area contributed by atoms with Crippen molar-refractivity contribution in [3.63, 3.8) is 0 Å². The molecule has 0 fully saturated rings. The molecular formula is C15H24N2O2. The van der Waals surface area contributed by atoms with Gasteiger partial charge < -0.3 is 10.0 Å². The van der Waals surface area contributed by atoms with Gasteiger partial charge in [0.1, 0.15) is 0 Å². The summed E-state index contributed by atoms with van der Waals surface area (Å²) in [6.07, 6.45) is 5.20. The Labute approximate surface area is 115 Å². The second kappa shape index (κ2) is 7.12. The van der Waals surface area contributed by atoms with Crippen molar-refractivity contribution in [3.8, 4) is 0 Å². The monoisotopic (exact) mass is 264 g/mol.